The molecule has 0 spiro atoms. The first-order valence-electron chi connectivity index (χ1n) is 7.05. The first-order chi connectivity index (χ1) is 10.2. The van der Waals surface area contributed by atoms with Crippen molar-refractivity contribution < 1.29 is 9.53 Å². The monoisotopic (exact) mass is 347 g/mol. The summed E-state index contributed by atoms with van der Waals surface area (Å²) in [5.41, 5.74) is 1.45. The van der Waals surface area contributed by atoms with Gasteiger partial charge in [-0.05, 0) is 58.7 Å². The minimum Gasteiger partial charge on any atom is -0.494 e. The molecule has 0 saturated heterocycles. The maximum absolute atomic E-state index is 12.2. The summed E-state index contributed by atoms with van der Waals surface area (Å²) in [6.45, 7) is 2.84. The molecule has 0 bridgehead atoms. The van der Waals surface area contributed by atoms with E-state index >= 15 is 0 Å². The molecule has 2 rings (SSSR count). The molecule has 3 nitrogen and oxygen atoms in total. The summed E-state index contributed by atoms with van der Waals surface area (Å²) < 4.78 is 6.49. The first-order valence-corrected chi connectivity index (χ1v) is 7.85. The fourth-order valence-electron chi connectivity index (χ4n) is 1.85. The van der Waals surface area contributed by atoms with Crippen LogP contribution in [0.3, 0.4) is 0 Å². The van der Waals surface area contributed by atoms with E-state index in [-0.39, 0.29) is 5.78 Å². The maximum atomic E-state index is 12.2. The summed E-state index contributed by atoms with van der Waals surface area (Å²) in [4.78, 5) is 16.4. The van der Waals surface area contributed by atoms with E-state index in [0.29, 0.717) is 18.6 Å². The van der Waals surface area contributed by atoms with Crippen LogP contribution in [0.4, 0.5) is 0 Å². The largest absolute Gasteiger partial charge is 0.494 e. The Morgan fingerprint density at radius 2 is 1.95 bits per heavy atom. The van der Waals surface area contributed by atoms with Crippen LogP contribution < -0.4 is 4.74 Å². The molecule has 2 aromatic rings. The van der Waals surface area contributed by atoms with Crippen LogP contribution in [0, 0.1) is 0 Å². The van der Waals surface area contributed by atoms with E-state index in [4.69, 9.17) is 4.74 Å². The summed E-state index contributed by atoms with van der Waals surface area (Å²) in [5, 5.41) is 0. The minimum atomic E-state index is 0.0601. The summed E-state index contributed by atoms with van der Waals surface area (Å²) in [5.74, 6) is 0.867. The van der Waals surface area contributed by atoms with Crippen LogP contribution >= 0.6 is 15.9 Å². The number of rotatable bonds is 7. The molecule has 1 heterocycles. The van der Waals surface area contributed by atoms with Gasteiger partial charge in [0.1, 0.15) is 5.75 Å². The lowest BCUT2D eigenvalue weighted by atomic mass is 10.1. The van der Waals surface area contributed by atoms with Crippen LogP contribution in [-0.2, 0) is 6.42 Å². The molecule has 0 aliphatic carbocycles. The van der Waals surface area contributed by atoms with Gasteiger partial charge in [-0.3, -0.25) is 9.78 Å². The van der Waals surface area contributed by atoms with E-state index in [1.54, 1.807) is 6.20 Å². The highest BCUT2D eigenvalue weighted by atomic mass is 79.9. The Morgan fingerprint density at radius 3 is 2.57 bits per heavy atom. The molecule has 1 aromatic carbocycles. The second-order valence-corrected chi connectivity index (χ2v) is 5.71. The summed E-state index contributed by atoms with van der Waals surface area (Å²) in [6, 6.07) is 11.0. The van der Waals surface area contributed by atoms with Crippen LogP contribution in [-0.4, -0.2) is 17.4 Å². The topological polar surface area (TPSA) is 39.2 Å². The zero-order chi connectivity index (χ0) is 15.1. The molecule has 0 atom stereocenters. The molecule has 0 amide bonds. The van der Waals surface area contributed by atoms with Crippen LogP contribution in [0.1, 0.15) is 35.8 Å². The van der Waals surface area contributed by atoms with Crippen LogP contribution in [0.5, 0.6) is 5.75 Å². The number of aromatic nitrogens is 1. The third kappa shape index (κ3) is 4.97. The molecular formula is C17H18BrNO2. The number of Topliss-reactive ketones (excluding diaryl/α,β-unsaturated/α-hetero) is 1. The lowest BCUT2D eigenvalue weighted by Gasteiger charge is -2.06. The Hall–Kier alpha value is -1.68. The molecule has 0 saturated carbocycles. The first kappa shape index (κ1) is 15.7. The fraction of sp³-hybridized carbons (Fsp3) is 0.294. The van der Waals surface area contributed by atoms with Gasteiger partial charge in [-0.15, -0.1) is 0 Å². The van der Waals surface area contributed by atoms with Crippen molar-refractivity contribution in [2.75, 3.05) is 6.61 Å². The van der Waals surface area contributed by atoms with Gasteiger partial charge < -0.3 is 4.74 Å². The lowest BCUT2D eigenvalue weighted by molar-refractivity contribution is 0.0992. The Balaban J connectivity index is 1.94. The molecule has 0 radical (unpaired) electrons. The average Bonchev–Trinajstić information content (AvgIpc) is 2.50. The summed E-state index contributed by atoms with van der Waals surface area (Å²) in [6.07, 6.45) is 4.16. The quantitative estimate of drug-likeness (QED) is 0.548. The molecule has 0 fully saturated rings. The number of ether oxygens (including phenoxy) is 1. The molecule has 0 N–H and O–H groups in total. The van der Waals surface area contributed by atoms with Gasteiger partial charge in [0.25, 0.3) is 0 Å². The summed E-state index contributed by atoms with van der Waals surface area (Å²) >= 11 is 3.33. The van der Waals surface area contributed by atoms with E-state index in [1.807, 2.05) is 36.4 Å². The number of halogens is 1. The van der Waals surface area contributed by atoms with Gasteiger partial charge in [-0.1, -0.05) is 13.3 Å². The second kappa shape index (κ2) is 7.93. The van der Waals surface area contributed by atoms with Crippen molar-refractivity contribution in [2.45, 2.75) is 26.2 Å². The summed E-state index contributed by atoms with van der Waals surface area (Å²) in [7, 11) is 0. The molecular weight excluding hydrogens is 330 g/mol. The number of carbonyl (C=O) groups is 1. The smallest absolute Gasteiger partial charge is 0.168 e. The normalized spacial score (nSPS) is 10.4. The van der Waals surface area contributed by atoms with Crippen molar-refractivity contribution in [3.63, 3.8) is 0 Å². The van der Waals surface area contributed by atoms with E-state index < -0.39 is 0 Å². The number of benzene rings is 1. The third-order valence-electron chi connectivity index (χ3n) is 3.07. The number of carbonyl (C=O) groups excluding carboxylic acids is 1. The van der Waals surface area contributed by atoms with Crippen LogP contribution in [0.25, 0.3) is 0 Å². The van der Waals surface area contributed by atoms with Crippen LogP contribution in [0.2, 0.25) is 0 Å². The van der Waals surface area contributed by atoms with Crippen molar-refractivity contribution in [3.8, 4) is 5.75 Å². The fourth-order valence-corrected chi connectivity index (χ4v) is 2.08. The number of hydrogen-bond acceptors (Lipinski definition) is 3. The van der Waals surface area contributed by atoms with Crippen molar-refractivity contribution >= 4 is 21.7 Å². The van der Waals surface area contributed by atoms with E-state index in [1.165, 1.54) is 0 Å². The molecule has 4 heteroatoms. The highest BCUT2D eigenvalue weighted by Crippen LogP contribution is 2.15. The van der Waals surface area contributed by atoms with Crippen molar-refractivity contribution in [1.29, 1.82) is 0 Å². The maximum Gasteiger partial charge on any atom is 0.168 e. The molecule has 1 aromatic heterocycles. The van der Waals surface area contributed by atoms with Crippen molar-refractivity contribution in [2.24, 2.45) is 0 Å². The Kier molecular flexibility index (Phi) is 5.93. The van der Waals surface area contributed by atoms with Crippen molar-refractivity contribution in [1.82, 2.24) is 4.98 Å². The average molecular weight is 348 g/mol. The van der Waals surface area contributed by atoms with E-state index in [0.717, 1.165) is 28.8 Å². The van der Waals surface area contributed by atoms with Gasteiger partial charge >= 0.3 is 0 Å². The highest BCUT2D eigenvalue weighted by molar-refractivity contribution is 9.10. The number of hydrogen-bond donors (Lipinski definition) is 0. The predicted octanol–water partition coefficient (Wildman–Crippen LogP) is 4.45. The van der Waals surface area contributed by atoms with Gasteiger partial charge in [0.05, 0.1) is 13.0 Å². The molecule has 110 valence electrons. The molecule has 0 aliphatic heterocycles. The molecule has 21 heavy (non-hydrogen) atoms. The zero-order valence-electron chi connectivity index (χ0n) is 12.0. The zero-order valence-corrected chi connectivity index (χ0v) is 13.6. The predicted molar refractivity (Wildman–Crippen MR) is 86.8 cm³/mol. The Morgan fingerprint density at radius 1 is 1.19 bits per heavy atom. The Bertz CT molecular complexity index is 579. The lowest BCUT2D eigenvalue weighted by Crippen LogP contribution is -2.05. The van der Waals surface area contributed by atoms with Crippen LogP contribution in [0.15, 0.2) is 47.1 Å². The second-order valence-electron chi connectivity index (χ2n) is 4.79. The number of unbranched alkanes of at least 4 members (excludes halogenated alkanes) is 1. The number of nitrogens with zero attached hydrogens (tertiary/aromatic N) is 1. The van der Waals surface area contributed by atoms with Gasteiger partial charge in [-0.2, -0.15) is 0 Å². The van der Waals surface area contributed by atoms with Gasteiger partial charge in [0.2, 0.25) is 0 Å². The third-order valence-corrected chi connectivity index (χ3v) is 3.54. The number of pyridine rings is 1. The highest BCUT2D eigenvalue weighted by Gasteiger charge is 2.08. The molecule has 0 unspecified atom stereocenters. The SMILES string of the molecule is CCCCOc1ccc(C(=O)Cc2ccc(Br)cn2)cc1. The van der Waals surface area contributed by atoms with Gasteiger partial charge in [-0.25, -0.2) is 0 Å². The Labute approximate surface area is 133 Å². The number of ketones is 1. The van der Waals surface area contributed by atoms with Gasteiger partial charge in [0.15, 0.2) is 5.78 Å². The van der Waals surface area contributed by atoms with E-state index in [2.05, 4.69) is 27.8 Å². The minimum absolute atomic E-state index is 0.0601. The molecule has 0 aliphatic rings. The van der Waals surface area contributed by atoms with Gasteiger partial charge in [0, 0.05) is 21.9 Å². The van der Waals surface area contributed by atoms with E-state index in [9.17, 15) is 4.79 Å². The standard InChI is InChI=1S/C17H18BrNO2/c1-2-3-10-21-16-8-4-13(5-9-16)17(20)11-15-7-6-14(18)12-19-15/h4-9,12H,2-3,10-11H2,1H3. The van der Waals surface area contributed by atoms with Crippen molar-refractivity contribution in [3.05, 3.63) is 58.3 Å².